The Kier molecular flexibility index (Phi) is 34.2. The van der Waals surface area contributed by atoms with E-state index in [1.54, 1.807) is 97.6 Å². The summed E-state index contributed by atoms with van der Waals surface area (Å²) >= 11 is 23.2. The van der Waals surface area contributed by atoms with Gasteiger partial charge in [0.2, 0.25) is 41.4 Å². The van der Waals surface area contributed by atoms with E-state index in [0.29, 0.717) is 85.9 Å². The highest BCUT2D eigenvalue weighted by Crippen LogP contribution is 2.33. The number of rotatable bonds is 36. The maximum Gasteiger partial charge on any atom is 0.269 e. The van der Waals surface area contributed by atoms with Crippen LogP contribution >= 0.6 is 46.4 Å². The van der Waals surface area contributed by atoms with Crippen molar-refractivity contribution in [3.8, 4) is 0 Å². The molecule has 135 heavy (non-hydrogen) atoms. The molecule has 4 atom stereocenters. The smallest absolute Gasteiger partial charge is 0.269 e. The van der Waals surface area contributed by atoms with Gasteiger partial charge in [-0.3, -0.25) is 76.5 Å². The van der Waals surface area contributed by atoms with Crippen molar-refractivity contribution in [3.63, 3.8) is 0 Å². The number of carbonyl (C=O) groups excluding carboxylic acids is 11. The number of primary amides is 4. The Balaban J connectivity index is 0.000000173. The second-order valence-corrected chi connectivity index (χ2v) is 33.3. The molecule has 11 amide bonds. The number of nitrogen functional groups attached to an aromatic ring is 3. The first kappa shape index (κ1) is 101. The van der Waals surface area contributed by atoms with Crippen LogP contribution in [0.1, 0.15) is 123 Å². The average Bonchev–Trinajstić information content (AvgIpc) is 1.64. The predicted octanol–water partition coefficient (Wildman–Crippen LogP) is 6.09. The summed E-state index contributed by atoms with van der Waals surface area (Å²) in [5.74, 6) is -8.71. The molecule has 2 saturated carbocycles. The van der Waals surface area contributed by atoms with Crippen molar-refractivity contribution in [2.45, 2.75) is 122 Å². The zero-order valence-electron chi connectivity index (χ0n) is 72.8. The van der Waals surface area contributed by atoms with Gasteiger partial charge in [0.05, 0.1) is 112 Å². The van der Waals surface area contributed by atoms with Crippen molar-refractivity contribution < 1.29 is 85.6 Å². The standard InChI is InChI=1S/C23H26ClFN6O5.C22H24ClFN6O4.C22H22ClFN6O3.C22H24ClFN6O2/c1-12(10-32)30(8-19(34)28-17(11-33)14-3-2-4-16(24)21(14)25)20(35)9-31-18-6-5-13(26)7-15(18)22(29-31)23(27)36;1-12(11-31)29(9-18(32)27-8-13-3-2-4-16(23)20(13)24)19(33)10-30-17-6-5-14(25)7-15(17)21(28-30)22(26)34;1-12(14-3-2-4-16(23)20(14)24)27-18(31)10-29(13-5-6-13)19(32)11-30-17-9-26-8-7-15(17)21(28-30)22(25)33;23-17-3-1-2-13(20(17)24)11-27-8-9-29(15-5-6-15)19(31)12-30-18-7-4-14(25)10-16(18)21(28-30)22(26)32/h2-7,12,17,32-33H,8-11,26H2,1H3,(H2,27,36)(H,28,34);2-7,12,31H,8-11,25H2,1H3,(H2,26,34)(H,27,32);2-4,7-9,12-13H,5-6,10-11H2,1H3,(H2,25,33)(H,27,31);1-4,7,10,15,27H,5-6,8-9,11-12,25H2,(H2,26,32)/t12-,17+;2*12-;/m110./s1. The van der Waals surface area contributed by atoms with Gasteiger partial charge in [-0.25, -0.2) is 17.6 Å². The third-order valence-corrected chi connectivity index (χ3v) is 23.0. The van der Waals surface area contributed by atoms with Gasteiger partial charge in [0, 0.05) is 105 Å². The molecule has 5 aromatic heterocycles. The molecule has 2 aliphatic carbocycles. The summed E-state index contributed by atoms with van der Waals surface area (Å²) in [6, 6.07) is 31.0. The Hall–Kier alpha value is -14.1. The van der Waals surface area contributed by atoms with Crippen LogP contribution in [-0.2, 0) is 72.8 Å². The number of aliphatic hydroxyl groups excluding tert-OH is 3. The van der Waals surface area contributed by atoms with Crippen LogP contribution in [0, 0.1) is 23.3 Å². The maximum absolute atomic E-state index is 14.4. The van der Waals surface area contributed by atoms with E-state index in [-0.39, 0.29) is 123 Å². The molecule has 14 rings (SSSR count). The normalized spacial score (nSPS) is 13.1. The number of anilines is 3. The first-order valence-electron chi connectivity index (χ1n) is 41.9. The number of aliphatic hydroxyl groups is 3. The van der Waals surface area contributed by atoms with E-state index < -0.39 is 134 Å². The maximum atomic E-state index is 14.4. The molecule has 46 heteroatoms. The lowest BCUT2D eigenvalue weighted by Gasteiger charge is -2.28. The average molecular weight is 1940 g/mol. The summed E-state index contributed by atoms with van der Waals surface area (Å²) in [6.07, 6.45) is 6.46. The lowest BCUT2D eigenvalue weighted by atomic mass is 10.1. The van der Waals surface area contributed by atoms with Gasteiger partial charge in [0.15, 0.2) is 22.8 Å². The van der Waals surface area contributed by atoms with E-state index >= 15 is 0 Å². The molecule has 0 aliphatic heterocycles. The van der Waals surface area contributed by atoms with Gasteiger partial charge in [0.25, 0.3) is 23.6 Å². The van der Waals surface area contributed by atoms with Gasteiger partial charge >= 0.3 is 0 Å². The zero-order valence-corrected chi connectivity index (χ0v) is 75.8. The van der Waals surface area contributed by atoms with E-state index in [9.17, 15) is 85.6 Å². The molecule has 0 spiro atoms. The van der Waals surface area contributed by atoms with Crippen molar-refractivity contribution in [2.75, 3.05) is 69.7 Å². The highest BCUT2D eigenvalue weighted by Gasteiger charge is 2.37. The van der Waals surface area contributed by atoms with Gasteiger partial charge < -0.3 is 96.3 Å². The lowest BCUT2D eigenvalue weighted by Crippen LogP contribution is -2.48. The molecule has 21 N–H and O–H groups in total. The number of nitrogens with zero attached hydrogens (tertiary/aromatic N) is 13. The molecule has 5 heterocycles. The van der Waals surface area contributed by atoms with Crippen LogP contribution in [0.15, 0.2) is 146 Å². The van der Waals surface area contributed by atoms with E-state index in [0.717, 1.165) is 30.6 Å². The fourth-order valence-electron chi connectivity index (χ4n) is 14.6. The van der Waals surface area contributed by atoms with Gasteiger partial charge in [-0.1, -0.05) is 94.9 Å². The molecule has 712 valence electrons. The highest BCUT2D eigenvalue weighted by molar-refractivity contribution is 6.32. The minimum absolute atomic E-state index is 0.0206. The third kappa shape index (κ3) is 25.4. The Morgan fingerprint density at radius 2 is 0.815 bits per heavy atom. The Bertz CT molecular complexity index is 6490. The van der Waals surface area contributed by atoms with Crippen molar-refractivity contribution in [1.82, 2.24) is 85.0 Å². The van der Waals surface area contributed by atoms with Crippen LogP contribution in [0.4, 0.5) is 34.6 Å². The van der Waals surface area contributed by atoms with Crippen LogP contribution in [-0.4, -0.2) is 221 Å². The number of hydrogen-bond acceptors (Lipinski definition) is 23. The number of benzene rings is 7. The van der Waals surface area contributed by atoms with Crippen LogP contribution in [0.2, 0.25) is 20.1 Å². The van der Waals surface area contributed by atoms with Crippen LogP contribution in [0.3, 0.4) is 0 Å². The molecule has 2 fully saturated rings. The second kappa shape index (κ2) is 45.5. The quantitative estimate of drug-likeness (QED) is 0.0120. The monoisotopic (exact) mass is 1940 g/mol. The number of pyridine rings is 1. The Labute approximate surface area is 787 Å². The highest BCUT2D eigenvalue weighted by atomic mass is 35.5. The zero-order chi connectivity index (χ0) is 98.1. The largest absolute Gasteiger partial charge is 0.399 e. The SMILES string of the molecule is C[C@H](CO)N(CC(=O)NCc1cccc(Cl)c1F)C(=O)Cn1nc(C(N)=O)c2cc(N)ccc21.C[C@H](CO)N(CC(=O)N[C@@H](CO)c1cccc(Cl)c1F)C(=O)Cn1nc(C(N)=O)c2cc(N)ccc21.C[C@H](NC(=O)CN(C(=O)Cn1nc(C(N)=O)c2ccncc21)C1CC1)c1cccc(Cl)c1F.NC(=O)c1nn(CC(=O)N(CCNCc2cccc(Cl)c2F)C2CC2)c2ccc(N)cc12. The van der Waals surface area contributed by atoms with Crippen LogP contribution in [0.25, 0.3) is 43.6 Å². The number of hydrogen-bond donors (Lipinski definition) is 14. The first-order valence-corrected chi connectivity index (χ1v) is 43.4. The summed E-state index contributed by atoms with van der Waals surface area (Å²) < 4.78 is 62.1. The molecular formula is C89H96Cl4F4N24O14. The van der Waals surface area contributed by atoms with Crippen LogP contribution < -0.4 is 61.4 Å². The van der Waals surface area contributed by atoms with Crippen LogP contribution in [0.5, 0.6) is 0 Å². The summed E-state index contributed by atoms with van der Waals surface area (Å²) in [7, 11) is 0. The number of aromatic nitrogens is 9. The Morgan fingerprint density at radius 1 is 0.437 bits per heavy atom. The minimum Gasteiger partial charge on any atom is -0.399 e. The van der Waals surface area contributed by atoms with Gasteiger partial charge in [-0.05, 0) is 131 Å². The van der Waals surface area contributed by atoms with Gasteiger partial charge in [0.1, 0.15) is 49.4 Å². The molecule has 2 aliphatic rings. The summed E-state index contributed by atoms with van der Waals surface area (Å²) in [5, 5.41) is 58.1. The number of amides is 11. The third-order valence-electron chi connectivity index (χ3n) is 21.8. The predicted molar refractivity (Wildman–Crippen MR) is 494 cm³/mol. The van der Waals surface area contributed by atoms with E-state index in [1.807, 2.05) is 0 Å². The molecular weight excluding hydrogens is 1850 g/mol. The van der Waals surface area contributed by atoms with Crippen molar-refractivity contribution in [2.24, 2.45) is 22.9 Å². The van der Waals surface area contributed by atoms with Crippen molar-refractivity contribution >= 4 is 172 Å². The molecule has 7 aromatic carbocycles. The molecule has 0 saturated heterocycles. The number of nitrogens with two attached hydrogens (primary N) is 7. The van der Waals surface area contributed by atoms with Crippen molar-refractivity contribution in [3.05, 3.63) is 234 Å². The van der Waals surface area contributed by atoms with E-state index in [1.165, 1.54) is 102 Å². The van der Waals surface area contributed by atoms with E-state index in [2.05, 4.69) is 46.6 Å². The van der Waals surface area contributed by atoms with E-state index in [4.69, 9.17) is 86.5 Å². The number of halogens is 8. The fraction of sp³-hybridized carbons (Fsp3) is 0.303. The number of fused-ring (bicyclic) bond motifs is 4. The summed E-state index contributed by atoms with van der Waals surface area (Å²) in [6.45, 7) is 2.44. The van der Waals surface area contributed by atoms with Gasteiger partial charge in [-0.15, -0.1) is 0 Å². The number of nitrogens with one attached hydrogen (secondary N) is 4. The summed E-state index contributed by atoms with van der Waals surface area (Å²) in [4.78, 5) is 147. The molecule has 0 unspecified atom stereocenters. The molecule has 38 nitrogen and oxygen atoms in total. The number of carbonyl (C=O) groups is 11. The topological polar surface area (TPSA) is 576 Å². The molecule has 12 aromatic rings. The van der Waals surface area contributed by atoms with Crippen molar-refractivity contribution in [1.29, 1.82) is 0 Å². The fourth-order valence-corrected chi connectivity index (χ4v) is 15.3. The molecule has 0 bridgehead atoms. The lowest BCUT2D eigenvalue weighted by molar-refractivity contribution is -0.139. The Morgan fingerprint density at radius 3 is 1.25 bits per heavy atom. The first-order chi connectivity index (χ1) is 64.3. The second-order valence-electron chi connectivity index (χ2n) is 31.6. The molecule has 0 radical (unpaired) electrons. The van der Waals surface area contributed by atoms with Gasteiger partial charge in [-0.2, -0.15) is 20.4 Å². The minimum atomic E-state index is -1.11. The summed E-state index contributed by atoms with van der Waals surface area (Å²) in [5.41, 5.74) is 43.2.